The first-order valence-corrected chi connectivity index (χ1v) is 11.7. The van der Waals surface area contributed by atoms with Gasteiger partial charge >= 0.3 is 0 Å². The Bertz CT molecular complexity index is 1110. The number of imide groups is 1. The van der Waals surface area contributed by atoms with Crippen molar-refractivity contribution in [1.29, 1.82) is 0 Å². The Labute approximate surface area is 192 Å². The molecule has 0 unspecified atom stereocenters. The van der Waals surface area contributed by atoms with Gasteiger partial charge in [0.1, 0.15) is 12.4 Å². The lowest BCUT2D eigenvalue weighted by atomic mass is 9.63. The first-order chi connectivity index (χ1) is 16.1. The molecule has 4 aliphatic carbocycles. The first-order valence-electron chi connectivity index (χ1n) is 11.7. The quantitative estimate of drug-likeness (QED) is 0.505. The van der Waals surface area contributed by atoms with Crippen LogP contribution in [0.4, 0.5) is 5.69 Å². The topological polar surface area (TPSA) is 66.9 Å². The Kier molecular flexibility index (Phi) is 4.64. The number of nitrogens with zero attached hydrogens (tertiary/aromatic N) is 2. The summed E-state index contributed by atoms with van der Waals surface area (Å²) in [4.78, 5) is 43.3. The summed E-state index contributed by atoms with van der Waals surface area (Å²) in [5.74, 6) is 1.06. The van der Waals surface area contributed by atoms with E-state index in [4.69, 9.17) is 4.74 Å². The molecule has 1 heterocycles. The molecule has 3 fully saturated rings. The van der Waals surface area contributed by atoms with E-state index < -0.39 is 0 Å². The Morgan fingerprint density at radius 1 is 0.939 bits per heavy atom. The van der Waals surface area contributed by atoms with Gasteiger partial charge in [0.25, 0.3) is 5.91 Å². The van der Waals surface area contributed by atoms with Gasteiger partial charge in [-0.25, -0.2) is 0 Å². The van der Waals surface area contributed by atoms with Gasteiger partial charge in [0.05, 0.1) is 18.4 Å². The number of likely N-dealkylation sites (tertiary alicyclic amines) is 1. The fourth-order valence-corrected chi connectivity index (χ4v) is 6.19. The van der Waals surface area contributed by atoms with E-state index in [1.165, 1.54) is 9.80 Å². The van der Waals surface area contributed by atoms with Crippen LogP contribution in [0.25, 0.3) is 0 Å². The molecule has 0 N–H and O–H groups in total. The molecule has 1 aliphatic heterocycles. The predicted octanol–water partition coefficient (Wildman–Crippen LogP) is 3.74. The number of allylic oxidation sites excluding steroid dienone is 2. The minimum atomic E-state index is -0.273. The summed E-state index contributed by atoms with van der Waals surface area (Å²) in [5.41, 5.74) is 1.12. The summed E-state index contributed by atoms with van der Waals surface area (Å²) in [7, 11) is 0. The van der Waals surface area contributed by atoms with E-state index in [1.54, 1.807) is 48.5 Å². The van der Waals surface area contributed by atoms with Crippen LogP contribution in [0.1, 0.15) is 23.7 Å². The smallest absolute Gasteiger partial charge is 0.259 e. The van der Waals surface area contributed by atoms with Crippen molar-refractivity contribution in [1.82, 2.24) is 4.90 Å². The molecule has 6 heteroatoms. The van der Waals surface area contributed by atoms with Crippen molar-refractivity contribution in [2.24, 2.45) is 35.5 Å². The molecule has 33 heavy (non-hydrogen) atoms. The highest BCUT2D eigenvalue weighted by molar-refractivity contribution is 6.09. The summed E-state index contributed by atoms with van der Waals surface area (Å²) in [5, 5.41) is 0. The molecule has 2 bridgehead atoms. The normalized spacial score (nSPS) is 30.8. The second kappa shape index (κ2) is 7.58. The fourth-order valence-electron chi connectivity index (χ4n) is 6.19. The number of hydrogen-bond acceptors (Lipinski definition) is 4. The fraction of sp³-hybridized carbons (Fsp3) is 0.370. The zero-order valence-corrected chi connectivity index (χ0v) is 18.5. The molecule has 168 valence electrons. The van der Waals surface area contributed by atoms with Crippen molar-refractivity contribution in [2.45, 2.75) is 13.3 Å². The number of benzene rings is 2. The van der Waals surface area contributed by atoms with Gasteiger partial charge in [-0.1, -0.05) is 30.4 Å². The van der Waals surface area contributed by atoms with Gasteiger partial charge in [0.2, 0.25) is 11.8 Å². The van der Waals surface area contributed by atoms with Crippen LogP contribution in [0.2, 0.25) is 0 Å². The summed E-state index contributed by atoms with van der Waals surface area (Å²) in [6.45, 7) is 2.38. The zero-order chi connectivity index (χ0) is 22.7. The van der Waals surface area contributed by atoms with Crippen LogP contribution in [0, 0.1) is 35.5 Å². The second-order valence-electron chi connectivity index (χ2n) is 9.43. The van der Waals surface area contributed by atoms with Crippen molar-refractivity contribution < 1.29 is 19.1 Å². The highest BCUT2D eigenvalue weighted by atomic mass is 16.5. The predicted molar refractivity (Wildman–Crippen MR) is 122 cm³/mol. The van der Waals surface area contributed by atoms with Crippen molar-refractivity contribution in [3.05, 3.63) is 72.3 Å². The second-order valence-corrected chi connectivity index (χ2v) is 9.43. The monoisotopic (exact) mass is 442 g/mol. The maximum atomic E-state index is 13.5. The van der Waals surface area contributed by atoms with Crippen molar-refractivity contribution >= 4 is 23.4 Å². The minimum Gasteiger partial charge on any atom is -0.494 e. The van der Waals surface area contributed by atoms with E-state index in [-0.39, 0.29) is 48.1 Å². The Hall–Kier alpha value is -3.41. The molecule has 0 spiro atoms. The Morgan fingerprint density at radius 2 is 1.55 bits per heavy atom. The molecule has 2 aromatic rings. The molecular formula is C27H26N2O4. The van der Waals surface area contributed by atoms with Crippen LogP contribution in [0.3, 0.4) is 0 Å². The van der Waals surface area contributed by atoms with Gasteiger partial charge in [0.15, 0.2) is 0 Å². The molecule has 2 saturated carbocycles. The lowest BCUT2D eigenvalue weighted by molar-refractivity contribution is -0.140. The van der Waals surface area contributed by atoms with E-state index in [0.29, 0.717) is 35.4 Å². The standard InChI is InChI=1S/C27H26N2O4/c1-2-33-18-10-8-17(9-11-18)28(25(30)16-6-4-3-5-7-16)15-29-26(31)23-19-12-13-20(22-14-21(19)22)24(23)27(29)32/h3-13,19-24H,2,14-15H2,1H3/t19-,20-,21-,22+,23+,24+/m0/s1. The number of amides is 3. The highest BCUT2D eigenvalue weighted by Crippen LogP contribution is 2.65. The third-order valence-corrected chi connectivity index (χ3v) is 7.76. The van der Waals surface area contributed by atoms with Crippen LogP contribution in [0.15, 0.2) is 66.7 Å². The number of carbonyl (C=O) groups excluding carboxylic acids is 3. The summed E-state index contributed by atoms with van der Waals surface area (Å²) in [6, 6.07) is 16.1. The summed E-state index contributed by atoms with van der Waals surface area (Å²) < 4.78 is 5.53. The maximum absolute atomic E-state index is 13.5. The number of rotatable bonds is 6. The highest BCUT2D eigenvalue weighted by Gasteiger charge is 2.67. The average Bonchev–Trinajstić information content (AvgIpc) is 3.63. The summed E-state index contributed by atoms with van der Waals surface area (Å²) >= 11 is 0. The number of carbonyl (C=O) groups is 3. The SMILES string of the molecule is CCOc1ccc(N(CN2C(=O)[C@@H]3[C@H]4C=C[C@@H]([C@@H]5C[C@H]45)[C@H]3C2=O)C(=O)c2ccccc2)cc1. The van der Waals surface area contributed by atoms with Crippen LogP contribution < -0.4 is 9.64 Å². The van der Waals surface area contributed by atoms with Gasteiger partial charge < -0.3 is 4.74 Å². The minimum absolute atomic E-state index is 0.0822. The Morgan fingerprint density at radius 3 is 2.12 bits per heavy atom. The summed E-state index contributed by atoms with van der Waals surface area (Å²) in [6.07, 6.45) is 5.45. The third kappa shape index (κ3) is 3.11. The number of hydrogen-bond donors (Lipinski definition) is 0. The molecule has 3 amide bonds. The van der Waals surface area contributed by atoms with E-state index in [0.717, 1.165) is 6.42 Å². The zero-order valence-electron chi connectivity index (χ0n) is 18.5. The molecule has 1 saturated heterocycles. The van der Waals surface area contributed by atoms with Crippen LogP contribution in [0.5, 0.6) is 5.75 Å². The molecule has 2 aromatic carbocycles. The van der Waals surface area contributed by atoms with E-state index in [2.05, 4.69) is 12.2 Å². The molecule has 0 aromatic heterocycles. The van der Waals surface area contributed by atoms with E-state index in [1.807, 2.05) is 13.0 Å². The van der Waals surface area contributed by atoms with Gasteiger partial charge in [-0.15, -0.1) is 0 Å². The molecule has 5 aliphatic rings. The number of anilines is 1. The third-order valence-electron chi connectivity index (χ3n) is 7.76. The van der Waals surface area contributed by atoms with Gasteiger partial charge in [-0.3, -0.25) is 24.2 Å². The van der Waals surface area contributed by atoms with E-state index in [9.17, 15) is 14.4 Å². The van der Waals surface area contributed by atoms with E-state index >= 15 is 0 Å². The lowest BCUT2D eigenvalue weighted by Crippen LogP contribution is -2.45. The first kappa shape index (κ1) is 20.2. The molecule has 6 atom stereocenters. The van der Waals surface area contributed by atoms with Crippen LogP contribution >= 0.6 is 0 Å². The van der Waals surface area contributed by atoms with Crippen molar-refractivity contribution in [3.63, 3.8) is 0 Å². The molecule has 7 rings (SSSR count). The van der Waals surface area contributed by atoms with Crippen molar-refractivity contribution in [2.75, 3.05) is 18.2 Å². The van der Waals surface area contributed by atoms with Crippen LogP contribution in [-0.2, 0) is 9.59 Å². The number of ether oxygens (including phenoxy) is 1. The van der Waals surface area contributed by atoms with Crippen molar-refractivity contribution in [3.8, 4) is 5.75 Å². The van der Waals surface area contributed by atoms with Crippen LogP contribution in [-0.4, -0.2) is 35.9 Å². The van der Waals surface area contributed by atoms with Gasteiger partial charge in [-0.05, 0) is 73.4 Å². The van der Waals surface area contributed by atoms with Gasteiger partial charge in [0, 0.05) is 11.3 Å². The lowest BCUT2D eigenvalue weighted by Gasteiger charge is -2.37. The van der Waals surface area contributed by atoms with Gasteiger partial charge in [-0.2, -0.15) is 0 Å². The maximum Gasteiger partial charge on any atom is 0.259 e. The Balaban J connectivity index is 1.32. The average molecular weight is 443 g/mol. The molecular weight excluding hydrogens is 416 g/mol. The molecule has 6 nitrogen and oxygen atoms in total. The molecule has 0 radical (unpaired) electrons. The largest absolute Gasteiger partial charge is 0.494 e.